The molecule has 1 N–H and O–H groups in total. The Hall–Kier alpha value is -1.68. The summed E-state index contributed by atoms with van der Waals surface area (Å²) in [4.78, 5) is 11.7. The average molecular weight is 275 g/mol. The molecule has 100 valence electrons. The lowest BCUT2D eigenvalue weighted by Crippen LogP contribution is -2.14. The number of hydrogen-bond acceptors (Lipinski definition) is 3. The zero-order valence-corrected chi connectivity index (χ0v) is 11.7. The summed E-state index contributed by atoms with van der Waals surface area (Å²) in [7, 11) is 0. The van der Waals surface area contributed by atoms with Crippen molar-refractivity contribution in [1.82, 2.24) is 0 Å². The quantitative estimate of drug-likeness (QED) is 0.873. The van der Waals surface area contributed by atoms with Gasteiger partial charge in [-0.25, -0.2) is 0 Å². The Labute approximate surface area is 117 Å². The molecule has 0 saturated carbocycles. The number of anilines is 1. The van der Waals surface area contributed by atoms with Crippen LogP contribution in [0.5, 0.6) is 0 Å². The van der Waals surface area contributed by atoms with Crippen molar-refractivity contribution in [3.63, 3.8) is 0 Å². The summed E-state index contributed by atoms with van der Waals surface area (Å²) in [6.07, 6.45) is 2.65. The minimum absolute atomic E-state index is 0.0146. The van der Waals surface area contributed by atoms with Crippen molar-refractivity contribution in [3.8, 4) is 0 Å². The summed E-state index contributed by atoms with van der Waals surface area (Å²) in [5, 5.41) is 2.88. The van der Waals surface area contributed by atoms with Crippen LogP contribution < -0.4 is 5.32 Å². The average Bonchev–Trinajstić information content (AvgIpc) is 2.93. The van der Waals surface area contributed by atoms with E-state index in [-0.39, 0.29) is 5.91 Å². The van der Waals surface area contributed by atoms with Crippen LogP contribution in [0, 0.1) is 0 Å². The maximum Gasteiger partial charge on any atom is 0.234 e. The standard InChI is InChI=1S/C15H17NO2S/c1-2-12-5-7-13(8-6-12)16-15(17)11-19-10-14-4-3-9-18-14/h3-9H,2,10-11H2,1H3,(H,16,17). The van der Waals surface area contributed by atoms with Gasteiger partial charge in [0, 0.05) is 5.69 Å². The molecule has 0 unspecified atom stereocenters. The fourth-order valence-electron chi connectivity index (χ4n) is 1.66. The first kappa shape index (κ1) is 13.7. The number of benzene rings is 1. The number of aryl methyl sites for hydroxylation is 1. The molecule has 4 heteroatoms. The minimum Gasteiger partial charge on any atom is -0.468 e. The van der Waals surface area contributed by atoms with Gasteiger partial charge in [-0.05, 0) is 36.2 Å². The molecule has 0 aliphatic rings. The largest absolute Gasteiger partial charge is 0.468 e. The molecule has 1 heterocycles. The Kier molecular flexibility index (Phi) is 5.10. The highest BCUT2D eigenvalue weighted by Gasteiger charge is 2.04. The van der Waals surface area contributed by atoms with Crippen LogP contribution in [-0.2, 0) is 17.0 Å². The molecule has 19 heavy (non-hydrogen) atoms. The number of furan rings is 1. The summed E-state index contributed by atoms with van der Waals surface area (Å²) in [5.41, 5.74) is 2.12. The molecule has 0 aliphatic heterocycles. The zero-order valence-electron chi connectivity index (χ0n) is 10.9. The summed E-state index contributed by atoms with van der Waals surface area (Å²) in [5.74, 6) is 2.05. The summed E-state index contributed by atoms with van der Waals surface area (Å²) in [6.45, 7) is 2.11. The molecule has 0 spiro atoms. The Bertz CT molecular complexity index is 505. The Morgan fingerprint density at radius 3 is 2.68 bits per heavy atom. The van der Waals surface area contributed by atoms with Gasteiger partial charge in [0.2, 0.25) is 5.91 Å². The van der Waals surface area contributed by atoms with Gasteiger partial charge >= 0.3 is 0 Å². The van der Waals surface area contributed by atoms with Crippen LogP contribution >= 0.6 is 11.8 Å². The SMILES string of the molecule is CCc1ccc(NC(=O)CSCc2ccco2)cc1. The third-order valence-corrected chi connectivity index (χ3v) is 3.66. The normalized spacial score (nSPS) is 10.4. The van der Waals surface area contributed by atoms with E-state index in [1.807, 2.05) is 36.4 Å². The van der Waals surface area contributed by atoms with Gasteiger partial charge in [-0.2, -0.15) is 0 Å². The number of thioether (sulfide) groups is 1. The molecule has 0 saturated heterocycles. The van der Waals surface area contributed by atoms with E-state index >= 15 is 0 Å². The lowest BCUT2D eigenvalue weighted by atomic mass is 10.1. The van der Waals surface area contributed by atoms with E-state index in [2.05, 4.69) is 12.2 Å². The predicted octanol–water partition coefficient (Wildman–Crippen LogP) is 3.71. The molecular weight excluding hydrogens is 258 g/mol. The smallest absolute Gasteiger partial charge is 0.234 e. The summed E-state index contributed by atoms with van der Waals surface area (Å²) in [6, 6.07) is 11.7. The highest BCUT2D eigenvalue weighted by molar-refractivity contribution is 7.99. The van der Waals surface area contributed by atoms with E-state index in [4.69, 9.17) is 4.42 Å². The maximum absolute atomic E-state index is 11.7. The molecule has 1 amide bonds. The van der Waals surface area contributed by atoms with Crippen molar-refractivity contribution in [2.24, 2.45) is 0 Å². The van der Waals surface area contributed by atoms with E-state index in [0.29, 0.717) is 5.75 Å². The van der Waals surface area contributed by atoms with Gasteiger partial charge in [-0.3, -0.25) is 4.79 Å². The third kappa shape index (κ3) is 4.48. The first-order valence-corrected chi connectivity index (χ1v) is 7.42. The predicted molar refractivity (Wildman–Crippen MR) is 79.3 cm³/mol. The summed E-state index contributed by atoms with van der Waals surface area (Å²) >= 11 is 1.54. The Morgan fingerprint density at radius 2 is 2.05 bits per heavy atom. The fourth-order valence-corrected chi connectivity index (χ4v) is 2.38. The Morgan fingerprint density at radius 1 is 1.26 bits per heavy atom. The molecule has 0 atom stereocenters. The zero-order chi connectivity index (χ0) is 13.5. The Balaban J connectivity index is 1.74. The van der Waals surface area contributed by atoms with E-state index in [1.54, 1.807) is 18.0 Å². The molecule has 2 rings (SSSR count). The van der Waals surface area contributed by atoms with Gasteiger partial charge in [0.1, 0.15) is 5.76 Å². The fraction of sp³-hybridized carbons (Fsp3) is 0.267. The molecule has 0 fully saturated rings. The lowest BCUT2D eigenvalue weighted by molar-refractivity contribution is -0.113. The van der Waals surface area contributed by atoms with Crippen LogP contribution in [0.1, 0.15) is 18.2 Å². The van der Waals surface area contributed by atoms with Crippen molar-refractivity contribution in [2.75, 3.05) is 11.1 Å². The second-order valence-corrected chi connectivity index (χ2v) is 5.16. The third-order valence-electron chi connectivity index (χ3n) is 2.70. The van der Waals surface area contributed by atoms with Crippen molar-refractivity contribution >= 4 is 23.4 Å². The topological polar surface area (TPSA) is 42.2 Å². The molecule has 2 aromatic rings. The number of carbonyl (C=O) groups excluding carboxylic acids is 1. The maximum atomic E-state index is 11.7. The van der Waals surface area contributed by atoms with Crippen LogP contribution in [0.15, 0.2) is 47.1 Å². The number of nitrogens with one attached hydrogen (secondary N) is 1. The van der Waals surface area contributed by atoms with Crippen LogP contribution in [0.2, 0.25) is 0 Å². The molecule has 0 aliphatic carbocycles. The van der Waals surface area contributed by atoms with E-state index in [9.17, 15) is 4.79 Å². The molecule has 0 bridgehead atoms. The van der Waals surface area contributed by atoms with Crippen LogP contribution in [0.25, 0.3) is 0 Å². The van der Waals surface area contributed by atoms with Gasteiger partial charge in [-0.15, -0.1) is 11.8 Å². The minimum atomic E-state index is 0.0146. The van der Waals surface area contributed by atoms with Crippen LogP contribution in [0.3, 0.4) is 0 Å². The highest BCUT2D eigenvalue weighted by atomic mass is 32.2. The van der Waals surface area contributed by atoms with Gasteiger partial charge in [0.15, 0.2) is 0 Å². The van der Waals surface area contributed by atoms with Crippen molar-refractivity contribution in [1.29, 1.82) is 0 Å². The molecule has 3 nitrogen and oxygen atoms in total. The monoisotopic (exact) mass is 275 g/mol. The highest BCUT2D eigenvalue weighted by Crippen LogP contribution is 2.14. The van der Waals surface area contributed by atoms with Gasteiger partial charge < -0.3 is 9.73 Å². The first-order valence-electron chi connectivity index (χ1n) is 6.27. The second-order valence-electron chi connectivity index (χ2n) is 4.17. The lowest BCUT2D eigenvalue weighted by Gasteiger charge is -2.05. The molecule has 1 aromatic heterocycles. The molecule has 0 radical (unpaired) electrons. The van der Waals surface area contributed by atoms with Crippen molar-refractivity contribution in [3.05, 3.63) is 54.0 Å². The molecule has 1 aromatic carbocycles. The van der Waals surface area contributed by atoms with Gasteiger partial charge in [0.05, 0.1) is 17.8 Å². The summed E-state index contributed by atoms with van der Waals surface area (Å²) < 4.78 is 5.21. The number of rotatable bonds is 6. The van der Waals surface area contributed by atoms with Crippen molar-refractivity contribution in [2.45, 2.75) is 19.1 Å². The van der Waals surface area contributed by atoms with Gasteiger partial charge in [-0.1, -0.05) is 19.1 Å². The van der Waals surface area contributed by atoms with Crippen LogP contribution in [-0.4, -0.2) is 11.7 Å². The van der Waals surface area contributed by atoms with Crippen LogP contribution in [0.4, 0.5) is 5.69 Å². The van der Waals surface area contributed by atoms with E-state index in [0.717, 1.165) is 23.6 Å². The van der Waals surface area contributed by atoms with E-state index in [1.165, 1.54) is 5.56 Å². The number of hydrogen-bond donors (Lipinski definition) is 1. The van der Waals surface area contributed by atoms with E-state index < -0.39 is 0 Å². The van der Waals surface area contributed by atoms with Gasteiger partial charge in [0.25, 0.3) is 0 Å². The molecular formula is C15H17NO2S. The number of carbonyl (C=O) groups is 1. The number of amides is 1. The van der Waals surface area contributed by atoms with Crippen molar-refractivity contribution < 1.29 is 9.21 Å². The first-order chi connectivity index (χ1) is 9.28. The second kappa shape index (κ2) is 7.04.